The van der Waals surface area contributed by atoms with Crippen LogP contribution in [0, 0.1) is 5.82 Å². The zero-order valence-electron chi connectivity index (χ0n) is 9.06. The van der Waals surface area contributed by atoms with Crippen molar-refractivity contribution in [1.29, 1.82) is 0 Å². The molecule has 1 aromatic heterocycles. The van der Waals surface area contributed by atoms with Crippen LogP contribution in [0.25, 0.3) is 11.6 Å². The van der Waals surface area contributed by atoms with Crippen LogP contribution in [0.15, 0.2) is 36.4 Å². The maximum absolute atomic E-state index is 13.0. The second-order valence-electron chi connectivity index (χ2n) is 3.52. The number of carboxylic acid groups (broad SMARTS) is 1. The molecule has 18 heavy (non-hydrogen) atoms. The molecule has 1 aromatic carbocycles. The Hall–Kier alpha value is -1.65. The number of halogens is 2. The van der Waals surface area contributed by atoms with Crippen molar-refractivity contribution in [2.75, 3.05) is 0 Å². The van der Waals surface area contributed by atoms with Gasteiger partial charge in [0.25, 0.3) is 0 Å². The first-order valence-electron chi connectivity index (χ1n) is 5.02. The third-order valence-electron chi connectivity index (χ3n) is 2.23. The zero-order valence-corrected chi connectivity index (χ0v) is 10.6. The number of benzene rings is 1. The number of hydrogen-bond acceptors (Lipinski definition) is 2. The van der Waals surface area contributed by atoms with Crippen LogP contribution in [-0.2, 0) is 4.79 Å². The molecule has 5 heteroatoms. The van der Waals surface area contributed by atoms with E-state index in [1.165, 1.54) is 35.6 Å². The minimum absolute atomic E-state index is 0.0949. The Morgan fingerprint density at radius 1 is 1.33 bits per heavy atom. The Labute approximate surface area is 112 Å². The molecule has 0 amide bonds. The van der Waals surface area contributed by atoms with Gasteiger partial charge in [-0.3, -0.25) is 0 Å². The normalized spacial score (nSPS) is 11.6. The summed E-state index contributed by atoms with van der Waals surface area (Å²) in [5.74, 6) is -1.48. The van der Waals surface area contributed by atoms with Crippen molar-refractivity contribution in [2.45, 2.75) is 0 Å². The van der Waals surface area contributed by atoms with E-state index in [1.807, 2.05) is 0 Å². The monoisotopic (exact) mass is 282 g/mol. The Bertz CT molecular complexity index is 619. The minimum Gasteiger partial charge on any atom is -0.478 e. The number of aliphatic carboxylic acids is 1. The quantitative estimate of drug-likeness (QED) is 0.858. The number of carboxylic acids is 1. The summed E-state index contributed by atoms with van der Waals surface area (Å²) >= 11 is 6.95. The molecule has 2 rings (SSSR count). The van der Waals surface area contributed by atoms with Gasteiger partial charge in [-0.25, -0.2) is 9.18 Å². The first-order valence-corrected chi connectivity index (χ1v) is 6.22. The molecule has 0 bridgehead atoms. The highest BCUT2D eigenvalue weighted by molar-refractivity contribution is 7.17. The SMILES string of the molecule is O=C(O)/C(=C\c1cccc(F)c1)c1ccc(Cl)s1. The highest BCUT2D eigenvalue weighted by Crippen LogP contribution is 2.29. The fourth-order valence-electron chi connectivity index (χ4n) is 1.46. The summed E-state index contributed by atoms with van der Waals surface area (Å²) in [7, 11) is 0. The molecule has 0 radical (unpaired) electrons. The summed E-state index contributed by atoms with van der Waals surface area (Å²) in [5.41, 5.74) is 0.592. The maximum Gasteiger partial charge on any atom is 0.337 e. The molecule has 1 N–H and O–H groups in total. The molecule has 0 aliphatic heterocycles. The van der Waals surface area contributed by atoms with Gasteiger partial charge in [-0.1, -0.05) is 23.7 Å². The molecule has 0 aliphatic rings. The van der Waals surface area contributed by atoms with Gasteiger partial charge in [-0.15, -0.1) is 11.3 Å². The van der Waals surface area contributed by atoms with E-state index >= 15 is 0 Å². The maximum atomic E-state index is 13.0. The van der Waals surface area contributed by atoms with Crippen molar-refractivity contribution in [3.05, 3.63) is 57.0 Å². The summed E-state index contributed by atoms with van der Waals surface area (Å²) in [6.45, 7) is 0. The topological polar surface area (TPSA) is 37.3 Å². The van der Waals surface area contributed by atoms with Crippen LogP contribution in [-0.4, -0.2) is 11.1 Å². The van der Waals surface area contributed by atoms with Crippen molar-refractivity contribution < 1.29 is 14.3 Å². The first kappa shape index (κ1) is 12.8. The summed E-state index contributed by atoms with van der Waals surface area (Å²) in [6.07, 6.45) is 1.42. The van der Waals surface area contributed by atoms with Gasteiger partial charge >= 0.3 is 5.97 Å². The van der Waals surface area contributed by atoms with Crippen molar-refractivity contribution in [3.63, 3.8) is 0 Å². The fourth-order valence-corrected chi connectivity index (χ4v) is 2.51. The minimum atomic E-state index is -1.07. The Morgan fingerprint density at radius 2 is 2.11 bits per heavy atom. The van der Waals surface area contributed by atoms with Gasteiger partial charge in [-0.05, 0) is 35.9 Å². The number of thiophene rings is 1. The molecule has 0 saturated heterocycles. The second kappa shape index (κ2) is 5.33. The van der Waals surface area contributed by atoms with Crippen LogP contribution >= 0.6 is 22.9 Å². The van der Waals surface area contributed by atoms with Crippen LogP contribution in [0.3, 0.4) is 0 Å². The first-order chi connectivity index (χ1) is 8.56. The van der Waals surface area contributed by atoms with E-state index in [4.69, 9.17) is 16.7 Å². The summed E-state index contributed by atoms with van der Waals surface area (Å²) in [5, 5.41) is 9.17. The predicted molar refractivity (Wildman–Crippen MR) is 71.2 cm³/mol. The van der Waals surface area contributed by atoms with E-state index in [0.717, 1.165) is 0 Å². The Kier molecular flexibility index (Phi) is 3.79. The largest absolute Gasteiger partial charge is 0.478 e. The highest BCUT2D eigenvalue weighted by Gasteiger charge is 2.12. The molecule has 2 nitrogen and oxygen atoms in total. The summed E-state index contributed by atoms with van der Waals surface area (Å²) < 4.78 is 13.5. The van der Waals surface area contributed by atoms with Gasteiger partial charge in [0, 0.05) is 4.88 Å². The average Bonchev–Trinajstić information content (AvgIpc) is 2.72. The summed E-state index contributed by atoms with van der Waals surface area (Å²) in [6, 6.07) is 9.01. The number of carbonyl (C=O) groups is 1. The van der Waals surface area contributed by atoms with E-state index in [9.17, 15) is 9.18 Å². The molecular weight excluding hydrogens is 275 g/mol. The second-order valence-corrected chi connectivity index (χ2v) is 5.24. The molecule has 1 heterocycles. The van der Waals surface area contributed by atoms with Crippen LogP contribution in [0.5, 0.6) is 0 Å². The van der Waals surface area contributed by atoms with Crippen molar-refractivity contribution in [2.24, 2.45) is 0 Å². The van der Waals surface area contributed by atoms with Gasteiger partial charge < -0.3 is 5.11 Å². The lowest BCUT2D eigenvalue weighted by Crippen LogP contribution is -1.97. The van der Waals surface area contributed by atoms with Crippen molar-refractivity contribution in [1.82, 2.24) is 0 Å². The van der Waals surface area contributed by atoms with Crippen LogP contribution in [0.2, 0.25) is 4.34 Å². The molecule has 0 saturated carbocycles. The van der Waals surface area contributed by atoms with Gasteiger partial charge in [0.2, 0.25) is 0 Å². The van der Waals surface area contributed by atoms with E-state index in [1.54, 1.807) is 18.2 Å². The van der Waals surface area contributed by atoms with Crippen LogP contribution in [0.4, 0.5) is 4.39 Å². The molecule has 0 aliphatic carbocycles. The van der Waals surface area contributed by atoms with Gasteiger partial charge in [0.1, 0.15) is 5.82 Å². The third-order valence-corrected chi connectivity index (χ3v) is 3.49. The standard InChI is InChI=1S/C13H8ClFO2S/c14-12-5-4-11(18-12)10(13(16)17)7-8-2-1-3-9(15)6-8/h1-7H,(H,16,17)/b10-7-. The molecule has 2 aromatic rings. The Balaban J connectivity index is 2.45. The molecule has 0 unspecified atom stereocenters. The molecule has 0 atom stereocenters. The lowest BCUT2D eigenvalue weighted by molar-refractivity contribution is -0.130. The zero-order chi connectivity index (χ0) is 13.1. The van der Waals surface area contributed by atoms with Gasteiger partial charge in [-0.2, -0.15) is 0 Å². The average molecular weight is 283 g/mol. The number of rotatable bonds is 3. The molecule has 0 spiro atoms. The predicted octanol–water partition coefficient (Wildman–Crippen LogP) is 4.17. The summed E-state index contributed by atoms with van der Waals surface area (Å²) in [4.78, 5) is 11.7. The van der Waals surface area contributed by atoms with Gasteiger partial charge in [0.15, 0.2) is 0 Å². The van der Waals surface area contributed by atoms with Crippen LogP contribution < -0.4 is 0 Å². The number of hydrogen-bond donors (Lipinski definition) is 1. The lowest BCUT2D eigenvalue weighted by atomic mass is 10.1. The van der Waals surface area contributed by atoms with E-state index in [0.29, 0.717) is 14.8 Å². The van der Waals surface area contributed by atoms with E-state index < -0.39 is 11.8 Å². The molecular formula is C13H8ClFO2S. The Morgan fingerprint density at radius 3 is 2.67 bits per heavy atom. The third kappa shape index (κ3) is 2.97. The van der Waals surface area contributed by atoms with Crippen molar-refractivity contribution >= 4 is 40.6 Å². The fraction of sp³-hybridized carbons (Fsp3) is 0. The lowest BCUT2D eigenvalue weighted by Gasteiger charge is -2.00. The van der Waals surface area contributed by atoms with Crippen LogP contribution in [0.1, 0.15) is 10.4 Å². The van der Waals surface area contributed by atoms with Crippen molar-refractivity contribution in [3.8, 4) is 0 Å². The molecule has 0 fully saturated rings. The molecule has 92 valence electrons. The van der Waals surface area contributed by atoms with E-state index in [2.05, 4.69) is 0 Å². The van der Waals surface area contributed by atoms with Gasteiger partial charge in [0.05, 0.1) is 9.91 Å². The highest BCUT2D eigenvalue weighted by atomic mass is 35.5. The van der Waals surface area contributed by atoms with E-state index in [-0.39, 0.29) is 5.57 Å². The smallest absolute Gasteiger partial charge is 0.337 e.